The topological polar surface area (TPSA) is 25.2 Å². The van der Waals surface area contributed by atoms with E-state index in [9.17, 15) is 4.39 Å². The van der Waals surface area contributed by atoms with Crippen LogP contribution in [0.4, 0.5) is 4.39 Å². The molecule has 2 nitrogen and oxygen atoms in total. The highest BCUT2D eigenvalue weighted by Gasteiger charge is 2.30. The number of likely N-dealkylation sites (N-methyl/N-ethyl adjacent to an activating group) is 1. The molecule has 0 saturated heterocycles. The highest BCUT2D eigenvalue weighted by Crippen LogP contribution is 2.29. The van der Waals surface area contributed by atoms with Crippen molar-refractivity contribution < 1.29 is 8.81 Å². The molecule has 2 rings (SSSR count). The summed E-state index contributed by atoms with van der Waals surface area (Å²) in [5, 5.41) is 3.36. The van der Waals surface area contributed by atoms with Crippen LogP contribution >= 0.6 is 0 Å². The Morgan fingerprint density at radius 1 is 1.21 bits per heavy atom. The van der Waals surface area contributed by atoms with Gasteiger partial charge in [-0.25, -0.2) is 4.39 Å². The quantitative estimate of drug-likeness (QED) is 0.890. The van der Waals surface area contributed by atoms with Crippen LogP contribution in [0.5, 0.6) is 0 Å². The predicted octanol–water partition coefficient (Wildman–Crippen LogP) is 3.53. The number of benzene rings is 1. The fraction of sp³-hybridized carbons (Fsp3) is 0.375. The van der Waals surface area contributed by atoms with E-state index in [-0.39, 0.29) is 17.3 Å². The molecule has 0 aliphatic heterocycles. The van der Waals surface area contributed by atoms with E-state index in [0.717, 1.165) is 17.5 Å². The van der Waals surface area contributed by atoms with Gasteiger partial charge in [-0.2, -0.15) is 0 Å². The Morgan fingerprint density at radius 2 is 1.89 bits per heavy atom. The zero-order valence-corrected chi connectivity index (χ0v) is 11.6. The lowest BCUT2D eigenvalue weighted by Gasteiger charge is -2.34. The molecule has 1 N–H and O–H groups in total. The van der Waals surface area contributed by atoms with E-state index in [4.69, 9.17) is 4.42 Å². The largest absolute Gasteiger partial charge is 0.472 e. The molecular formula is C16H20FNO. The summed E-state index contributed by atoms with van der Waals surface area (Å²) in [5.41, 5.74) is 2.19. The molecule has 0 aliphatic carbocycles. The lowest BCUT2D eigenvalue weighted by atomic mass is 9.75. The van der Waals surface area contributed by atoms with Crippen LogP contribution in [0.25, 0.3) is 0 Å². The lowest BCUT2D eigenvalue weighted by molar-refractivity contribution is 0.355. The zero-order chi connectivity index (χ0) is 13.9. The molecule has 0 saturated carbocycles. The third-order valence-electron chi connectivity index (χ3n) is 3.83. The van der Waals surface area contributed by atoms with Crippen molar-refractivity contribution in [1.82, 2.24) is 5.32 Å². The Bertz CT molecular complexity index is 502. The molecule has 3 heteroatoms. The molecule has 1 heterocycles. The van der Waals surface area contributed by atoms with Crippen LogP contribution in [0, 0.1) is 5.82 Å². The summed E-state index contributed by atoms with van der Waals surface area (Å²) < 4.78 is 18.2. The molecular weight excluding hydrogens is 241 g/mol. The fourth-order valence-corrected chi connectivity index (χ4v) is 2.44. The summed E-state index contributed by atoms with van der Waals surface area (Å²) in [7, 11) is 1.95. The molecule has 0 fully saturated rings. The molecule has 102 valence electrons. The molecule has 0 bridgehead atoms. The highest BCUT2D eigenvalue weighted by atomic mass is 19.1. The smallest absolute Gasteiger partial charge is 0.123 e. The van der Waals surface area contributed by atoms with Crippen molar-refractivity contribution in [3.63, 3.8) is 0 Å². The Hall–Kier alpha value is -1.61. The third kappa shape index (κ3) is 3.04. The molecule has 1 atom stereocenters. The Kier molecular flexibility index (Phi) is 4.05. The zero-order valence-electron chi connectivity index (χ0n) is 11.6. The van der Waals surface area contributed by atoms with Crippen molar-refractivity contribution in [2.24, 2.45) is 0 Å². The number of halogens is 1. The molecule has 1 aromatic heterocycles. The van der Waals surface area contributed by atoms with E-state index in [2.05, 4.69) is 19.2 Å². The van der Waals surface area contributed by atoms with Crippen molar-refractivity contribution in [3.8, 4) is 0 Å². The summed E-state index contributed by atoms with van der Waals surface area (Å²) in [4.78, 5) is 0. The monoisotopic (exact) mass is 261 g/mol. The Labute approximate surface area is 113 Å². The van der Waals surface area contributed by atoms with E-state index in [1.54, 1.807) is 12.5 Å². The van der Waals surface area contributed by atoms with E-state index in [0.29, 0.717) is 0 Å². The fourth-order valence-electron chi connectivity index (χ4n) is 2.44. The van der Waals surface area contributed by atoms with Gasteiger partial charge in [0.25, 0.3) is 0 Å². The summed E-state index contributed by atoms with van der Waals surface area (Å²) in [5.74, 6) is -0.199. The van der Waals surface area contributed by atoms with E-state index >= 15 is 0 Å². The first-order chi connectivity index (χ1) is 9.04. The third-order valence-corrected chi connectivity index (χ3v) is 3.83. The molecule has 0 amide bonds. The number of furan rings is 1. The molecule has 0 radical (unpaired) electrons. The van der Waals surface area contributed by atoms with Gasteiger partial charge < -0.3 is 9.73 Å². The van der Waals surface area contributed by atoms with Gasteiger partial charge in [-0.1, -0.05) is 26.0 Å². The summed E-state index contributed by atoms with van der Waals surface area (Å²) in [6.45, 7) is 4.34. The number of hydrogen-bond acceptors (Lipinski definition) is 2. The van der Waals surface area contributed by atoms with Crippen LogP contribution < -0.4 is 5.32 Å². The molecule has 1 unspecified atom stereocenters. The van der Waals surface area contributed by atoms with Gasteiger partial charge in [0.05, 0.1) is 12.5 Å². The van der Waals surface area contributed by atoms with Gasteiger partial charge in [-0.3, -0.25) is 0 Å². The van der Waals surface area contributed by atoms with Gasteiger partial charge in [0.2, 0.25) is 0 Å². The van der Waals surface area contributed by atoms with Crippen LogP contribution in [0.2, 0.25) is 0 Å². The van der Waals surface area contributed by atoms with Gasteiger partial charge in [0.1, 0.15) is 5.82 Å². The summed E-state index contributed by atoms with van der Waals surface area (Å²) in [6, 6.07) is 8.97. The second kappa shape index (κ2) is 5.57. The maximum Gasteiger partial charge on any atom is 0.123 e. The Morgan fingerprint density at radius 3 is 2.42 bits per heavy atom. The summed E-state index contributed by atoms with van der Waals surface area (Å²) in [6.07, 6.45) is 4.33. The predicted molar refractivity (Wildman–Crippen MR) is 74.7 cm³/mol. The first-order valence-electron chi connectivity index (χ1n) is 6.48. The standard InChI is InChI=1S/C16H20FNO/c1-16(2,13-4-6-14(17)7-5-13)15(18-3)10-12-8-9-19-11-12/h4-9,11,15,18H,10H2,1-3H3. The number of rotatable bonds is 5. The minimum atomic E-state index is -0.199. The Balaban J connectivity index is 2.22. The minimum Gasteiger partial charge on any atom is -0.472 e. The van der Waals surface area contributed by atoms with Crippen LogP contribution in [0.3, 0.4) is 0 Å². The van der Waals surface area contributed by atoms with Gasteiger partial charge in [0, 0.05) is 11.5 Å². The average Bonchev–Trinajstić information content (AvgIpc) is 2.89. The number of hydrogen-bond donors (Lipinski definition) is 1. The molecule has 0 aliphatic rings. The van der Waals surface area contributed by atoms with Gasteiger partial charge in [-0.05, 0) is 42.8 Å². The highest BCUT2D eigenvalue weighted by molar-refractivity contribution is 5.27. The van der Waals surface area contributed by atoms with E-state index < -0.39 is 0 Å². The first-order valence-corrected chi connectivity index (χ1v) is 6.48. The number of nitrogens with one attached hydrogen (secondary N) is 1. The van der Waals surface area contributed by atoms with Crippen LogP contribution in [-0.4, -0.2) is 13.1 Å². The van der Waals surface area contributed by atoms with Crippen molar-refractivity contribution in [1.29, 1.82) is 0 Å². The summed E-state index contributed by atoms with van der Waals surface area (Å²) >= 11 is 0. The molecule has 1 aromatic carbocycles. The normalized spacial score (nSPS) is 13.5. The second-order valence-electron chi connectivity index (χ2n) is 5.41. The molecule has 2 aromatic rings. The van der Waals surface area contributed by atoms with E-state index in [1.165, 1.54) is 12.1 Å². The van der Waals surface area contributed by atoms with Crippen LogP contribution in [0.15, 0.2) is 47.3 Å². The van der Waals surface area contributed by atoms with E-state index in [1.807, 2.05) is 25.2 Å². The van der Waals surface area contributed by atoms with Crippen molar-refractivity contribution in [3.05, 3.63) is 59.8 Å². The van der Waals surface area contributed by atoms with Crippen LogP contribution in [0.1, 0.15) is 25.0 Å². The molecule has 0 spiro atoms. The van der Waals surface area contributed by atoms with Crippen molar-refractivity contribution >= 4 is 0 Å². The first kappa shape index (κ1) is 13.8. The van der Waals surface area contributed by atoms with Crippen LogP contribution in [-0.2, 0) is 11.8 Å². The maximum absolute atomic E-state index is 13.0. The SMILES string of the molecule is CNC(Cc1ccoc1)C(C)(C)c1ccc(F)cc1. The molecule has 19 heavy (non-hydrogen) atoms. The maximum atomic E-state index is 13.0. The van der Waals surface area contributed by atoms with Crippen molar-refractivity contribution in [2.75, 3.05) is 7.05 Å². The second-order valence-corrected chi connectivity index (χ2v) is 5.41. The lowest BCUT2D eigenvalue weighted by Crippen LogP contribution is -2.44. The van der Waals surface area contributed by atoms with Gasteiger partial charge in [-0.15, -0.1) is 0 Å². The van der Waals surface area contributed by atoms with Crippen molar-refractivity contribution in [2.45, 2.75) is 31.7 Å². The van der Waals surface area contributed by atoms with Gasteiger partial charge >= 0.3 is 0 Å². The van der Waals surface area contributed by atoms with Gasteiger partial charge in [0.15, 0.2) is 0 Å². The average molecular weight is 261 g/mol. The minimum absolute atomic E-state index is 0.0975.